The largest absolute Gasteiger partial charge is 0.380 e. The smallest absolute Gasteiger partial charge is 0.0713 e. The molecule has 0 radical (unpaired) electrons. The quantitative estimate of drug-likeness (QED) is 0.911. The standard InChI is InChI=1S/C14H22N2O.ClH/c1-17-11-13-5-2-4-12(8-13)9-16-7-3-6-14(15)10-16;/h2,4-5,8,14H,3,6-7,9-11,15H2,1H3;1H. The van der Waals surface area contributed by atoms with Gasteiger partial charge in [-0.2, -0.15) is 0 Å². The number of piperidine rings is 1. The molecular formula is C14H23ClN2O. The van der Waals surface area contributed by atoms with Crippen LogP contribution in [0.3, 0.4) is 0 Å². The van der Waals surface area contributed by atoms with Crippen molar-refractivity contribution in [2.24, 2.45) is 5.73 Å². The third-order valence-electron chi connectivity index (χ3n) is 3.25. The maximum Gasteiger partial charge on any atom is 0.0713 e. The molecule has 1 saturated heterocycles. The van der Waals surface area contributed by atoms with Crippen molar-refractivity contribution in [1.82, 2.24) is 4.90 Å². The lowest BCUT2D eigenvalue weighted by Crippen LogP contribution is -2.42. The first kappa shape index (κ1) is 15.4. The van der Waals surface area contributed by atoms with Crippen LogP contribution in [0.4, 0.5) is 0 Å². The van der Waals surface area contributed by atoms with Gasteiger partial charge in [0.2, 0.25) is 0 Å². The van der Waals surface area contributed by atoms with E-state index in [0.29, 0.717) is 12.6 Å². The summed E-state index contributed by atoms with van der Waals surface area (Å²) in [5.74, 6) is 0. The molecule has 0 spiro atoms. The second-order valence-corrected chi connectivity index (χ2v) is 4.89. The monoisotopic (exact) mass is 270 g/mol. The number of benzene rings is 1. The average molecular weight is 271 g/mol. The second-order valence-electron chi connectivity index (χ2n) is 4.89. The number of halogens is 1. The predicted octanol–water partition coefficient (Wildman–Crippen LogP) is 2.18. The number of ether oxygens (including phenoxy) is 1. The highest BCUT2D eigenvalue weighted by atomic mass is 35.5. The molecule has 0 bridgehead atoms. The molecule has 1 aliphatic heterocycles. The molecule has 0 amide bonds. The third kappa shape index (κ3) is 4.58. The van der Waals surface area contributed by atoms with E-state index >= 15 is 0 Å². The zero-order valence-corrected chi connectivity index (χ0v) is 11.8. The Morgan fingerprint density at radius 3 is 2.89 bits per heavy atom. The lowest BCUT2D eigenvalue weighted by atomic mass is 10.1. The first-order valence-corrected chi connectivity index (χ1v) is 6.32. The number of hydrogen-bond acceptors (Lipinski definition) is 3. The summed E-state index contributed by atoms with van der Waals surface area (Å²) in [4.78, 5) is 2.44. The van der Waals surface area contributed by atoms with Gasteiger partial charge in [-0.3, -0.25) is 4.90 Å². The Bertz CT molecular complexity index is 359. The number of nitrogens with two attached hydrogens (primary N) is 1. The molecule has 0 aliphatic carbocycles. The Balaban J connectivity index is 0.00000162. The predicted molar refractivity (Wildman–Crippen MR) is 76.9 cm³/mol. The fourth-order valence-corrected chi connectivity index (χ4v) is 2.48. The van der Waals surface area contributed by atoms with Crippen molar-refractivity contribution in [1.29, 1.82) is 0 Å². The SMILES string of the molecule is COCc1cccc(CN2CCCC(N)C2)c1.Cl. The zero-order chi connectivity index (χ0) is 12.1. The summed E-state index contributed by atoms with van der Waals surface area (Å²) in [6, 6.07) is 8.97. The fraction of sp³-hybridized carbons (Fsp3) is 0.571. The number of hydrogen-bond donors (Lipinski definition) is 1. The van der Waals surface area contributed by atoms with Crippen LogP contribution in [0.15, 0.2) is 24.3 Å². The van der Waals surface area contributed by atoms with Crippen molar-refractivity contribution in [2.75, 3.05) is 20.2 Å². The van der Waals surface area contributed by atoms with E-state index < -0.39 is 0 Å². The lowest BCUT2D eigenvalue weighted by molar-refractivity contribution is 0.184. The normalized spacial score (nSPS) is 20.4. The Labute approximate surface area is 116 Å². The summed E-state index contributed by atoms with van der Waals surface area (Å²) in [6.07, 6.45) is 2.39. The molecule has 2 rings (SSSR count). The molecule has 102 valence electrons. The Kier molecular flexibility index (Phi) is 6.65. The molecule has 1 atom stereocenters. The van der Waals surface area contributed by atoms with Crippen LogP contribution in [0.2, 0.25) is 0 Å². The summed E-state index contributed by atoms with van der Waals surface area (Å²) in [7, 11) is 1.73. The Morgan fingerprint density at radius 2 is 2.17 bits per heavy atom. The molecular weight excluding hydrogens is 248 g/mol. The van der Waals surface area contributed by atoms with Crippen LogP contribution in [0, 0.1) is 0 Å². The van der Waals surface area contributed by atoms with Gasteiger partial charge in [0, 0.05) is 26.2 Å². The minimum absolute atomic E-state index is 0. The average Bonchev–Trinajstić information content (AvgIpc) is 2.30. The lowest BCUT2D eigenvalue weighted by Gasteiger charge is -2.30. The van der Waals surface area contributed by atoms with Gasteiger partial charge >= 0.3 is 0 Å². The van der Waals surface area contributed by atoms with Gasteiger partial charge in [0.15, 0.2) is 0 Å². The Hall–Kier alpha value is -0.610. The van der Waals surface area contributed by atoms with E-state index in [1.807, 2.05) is 0 Å². The van der Waals surface area contributed by atoms with E-state index in [-0.39, 0.29) is 12.4 Å². The van der Waals surface area contributed by atoms with E-state index in [1.165, 1.54) is 30.5 Å². The Morgan fingerprint density at radius 1 is 1.39 bits per heavy atom. The van der Waals surface area contributed by atoms with E-state index in [9.17, 15) is 0 Å². The van der Waals surface area contributed by atoms with E-state index in [0.717, 1.165) is 13.1 Å². The van der Waals surface area contributed by atoms with Gasteiger partial charge in [-0.05, 0) is 30.5 Å². The van der Waals surface area contributed by atoms with E-state index in [4.69, 9.17) is 10.5 Å². The maximum atomic E-state index is 5.99. The van der Waals surface area contributed by atoms with Crippen LogP contribution in [0.1, 0.15) is 24.0 Å². The van der Waals surface area contributed by atoms with Crippen molar-refractivity contribution >= 4 is 12.4 Å². The van der Waals surface area contributed by atoms with Crippen LogP contribution >= 0.6 is 12.4 Å². The molecule has 1 heterocycles. The van der Waals surface area contributed by atoms with Gasteiger partial charge in [-0.15, -0.1) is 12.4 Å². The molecule has 2 N–H and O–H groups in total. The van der Waals surface area contributed by atoms with Crippen molar-refractivity contribution in [3.8, 4) is 0 Å². The molecule has 4 heteroatoms. The molecule has 1 unspecified atom stereocenters. The van der Waals surface area contributed by atoms with Crippen LogP contribution in [-0.2, 0) is 17.9 Å². The van der Waals surface area contributed by atoms with Crippen LogP contribution < -0.4 is 5.73 Å². The summed E-state index contributed by atoms with van der Waals surface area (Å²) >= 11 is 0. The highest BCUT2D eigenvalue weighted by Crippen LogP contribution is 2.14. The van der Waals surface area contributed by atoms with Gasteiger partial charge in [-0.25, -0.2) is 0 Å². The van der Waals surface area contributed by atoms with Crippen LogP contribution in [-0.4, -0.2) is 31.1 Å². The minimum Gasteiger partial charge on any atom is -0.380 e. The topological polar surface area (TPSA) is 38.5 Å². The number of likely N-dealkylation sites (tertiary alicyclic amines) is 1. The highest BCUT2D eigenvalue weighted by molar-refractivity contribution is 5.85. The van der Waals surface area contributed by atoms with Gasteiger partial charge in [0.05, 0.1) is 6.61 Å². The minimum atomic E-state index is 0. The van der Waals surface area contributed by atoms with Crippen LogP contribution in [0.25, 0.3) is 0 Å². The maximum absolute atomic E-state index is 5.99. The van der Waals surface area contributed by atoms with Crippen molar-refractivity contribution in [2.45, 2.75) is 32.0 Å². The number of rotatable bonds is 4. The number of methoxy groups -OCH3 is 1. The molecule has 1 aromatic carbocycles. The molecule has 3 nitrogen and oxygen atoms in total. The van der Waals surface area contributed by atoms with Crippen molar-refractivity contribution < 1.29 is 4.74 Å². The summed E-state index contributed by atoms with van der Waals surface area (Å²) in [5.41, 5.74) is 8.59. The molecule has 1 fully saturated rings. The first-order valence-electron chi connectivity index (χ1n) is 6.32. The molecule has 1 aromatic rings. The van der Waals surface area contributed by atoms with E-state index in [1.54, 1.807) is 7.11 Å². The second kappa shape index (κ2) is 7.74. The van der Waals surface area contributed by atoms with Gasteiger partial charge < -0.3 is 10.5 Å². The summed E-state index contributed by atoms with van der Waals surface area (Å²) < 4.78 is 5.16. The van der Waals surface area contributed by atoms with E-state index in [2.05, 4.69) is 29.2 Å². The highest BCUT2D eigenvalue weighted by Gasteiger charge is 2.16. The molecule has 0 aromatic heterocycles. The van der Waals surface area contributed by atoms with Crippen molar-refractivity contribution in [3.05, 3.63) is 35.4 Å². The molecule has 1 aliphatic rings. The first-order chi connectivity index (χ1) is 8.28. The van der Waals surface area contributed by atoms with Crippen LogP contribution in [0.5, 0.6) is 0 Å². The third-order valence-corrected chi connectivity index (χ3v) is 3.25. The molecule has 18 heavy (non-hydrogen) atoms. The van der Waals surface area contributed by atoms with Gasteiger partial charge in [0.25, 0.3) is 0 Å². The van der Waals surface area contributed by atoms with Gasteiger partial charge in [0.1, 0.15) is 0 Å². The summed E-state index contributed by atoms with van der Waals surface area (Å²) in [5, 5.41) is 0. The van der Waals surface area contributed by atoms with Crippen molar-refractivity contribution in [3.63, 3.8) is 0 Å². The summed E-state index contributed by atoms with van der Waals surface area (Å²) in [6.45, 7) is 3.88. The van der Waals surface area contributed by atoms with Gasteiger partial charge in [-0.1, -0.05) is 24.3 Å². The molecule has 0 saturated carbocycles. The zero-order valence-electron chi connectivity index (χ0n) is 11.0. The number of nitrogens with zero attached hydrogens (tertiary/aromatic N) is 1. The fourth-order valence-electron chi connectivity index (χ4n) is 2.48.